The van der Waals surface area contributed by atoms with Gasteiger partial charge in [-0.3, -0.25) is 9.59 Å². The molecule has 0 aromatic carbocycles. The summed E-state index contributed by atoms with van der Waals surface area (Å²) >= 11 is 0. The number of amides is 2. The van der Waals surface area contributed by atoms with Crippen LogP contribution in [0.15, 0.2) is 45.6 Å². The molecule has 6 nitrogen and oxygen atoms in total. The summed E-state index contributed by atoms with van der Waals surface area (Å²) in [6.45, 7) is 4.51. The fourth-order valence-corrected chi connectivity index (χ4v) is 5.64. The molecule has 2 aromatic rings. The van der Waals surface area contributed by atoms with E-state index in [-0.39, 0.29) is 23.9 Å². The molecule has 0 unspecified atom stereocenters. The van der Waals surface area contributed by atoms with Gasteiger partial charge in [0, 0.05) is 12.1 Å². The quantitative estimate of drug-likeness (QED) is 0.678. The number of nitrogens with one attached hydrogen (secondary N) is 2. The Kier molecular flexibility index (Phi) is 6.83. The zero-order valence-corrected chi connectivity index (χ0v) is 18.5. The Morgan fingerprint density at radius 2 is 1.26 bits per heavy atom. The Hall–Kier alpha value is -2.50. The molecular weight excluding hydrogens is 392 g/mol. The average Bonchev–Trinajstić information content (AvgIpc) is 3.46. The Morgan fingerprint density at radius 1 is 0.806 bits per heavy atom. The third kappa shape index (κ3) is 5.41. The number of hydrogen-bond donors (Lipinski definition) is 2. The van der Waals surface area contributed by atoms with Crippen LogP contribution in [0.3, 0.4) is 0 Å². The summed E-state index contributed by atoms with van der Waals surface area (Å²) in [4.78, 5) is 24.6. The maximum Gasteiger partial charge on any atom is 0.287 e. The van der Waals surface area contributed by atoms with Crippen LogP contribution in [0, 0.1) is 23.7 Å². The summed E-state index contributed by atoms with van der Waals surface area (Å²) in [7, 11) is 0. The van der Waals surface area contributed by atoms with Crippen molar-refractivity contribution in [2.75, 3.05) is 0 Å². The number of carbonyl (C=O) groups excluding carboxylic acids is 2. The van der Waals surface area contributed by atoms with Crippen molar-refractivity contribution in [3.05, 3.63) is 48.3 Å². The van der Waals surface area contributed by atoms with Gasteiger partial charge in [0.05, 0.1) is 12.5 Å². The standard InChI is InChI=1S/C25H34N2O4/c1-16-13-18(7-9-20(16)26-24(28)22-5-3-11-30-22)15-19-8-10-21(17(2)14-19)27-25(29)23-6-4-12-31-23/h3-6,11-12,16-21H,7-10,13-15H2,1-2H3,(H,26,28)(H,27,29)/t16-,17+,18-,19-,20-,21+/m1/s1. The minimum absolute atomic E-state index is 0.107. The van der Waals surface area contributed by atoms with Gasteiger partial charge in [-0.1, -0.05) is 13.8 Å². The monoisotopic (exact) mass is 426 g/mol. The van der Waals surface area contributed by atoms with E-state index in [1.165, 1.54) is 18.9 Å². The Bertz CT molecular complexity index is 775. The second-order valence-corrected chi connectivity index (χ2v) is 9.66. The van der Waals surface area contributed by atoms with Crippen LogP contribution in [0.1, 0.15) is 79.9 Å². The van der Waals surface area contributed by atoms with Crippen molar-refractivity contribution in [3.63, 3.8) is 0 Å². The van der Waals surface area contributed by atoms with Gasteiger partial charge in [-0.05, 0) is 92.9 Å². The average molecular weight is 427 g/mol. The lowest BCUT2D eigenvalue weighted by molar-refractivity contribution is 0.0841. The molecule has 6 heteroatoms. The number of rotatable bonds is 6. The summed E-state index contributed by atoms with van der Waals surface area (Å²) in [6.07, 6.45) is 11.0. The summed E-state index contributed by atoms with van der Waals surface area (Å²) in [5.41, 5.74) is 0. The first-order valence-electron chi connectivity index (χ1n) is 11.7. The first-order valence-corrected chi connectivity index (χ1v) is 11.7. The van der Waals surface area contributed by atoms with Crippen molar-refractivity contribution < 1.29 is 18.4 Å². The van der Waals surface area contributed by atoms with Crippen LogP contribution < -0.4 is 10.6 Å². The molecule has 0 saturated heterocycles. The van der Waals surface area contributed by atoms with E-state index in [0.717, 1.165) is 50.4 Å². The molecule has 2 amide bonds. The van der Waals surface area contributed by atoms with Crippen LogP contribution in [0.25, 0.3) is 0 Å². The van der Waals surface area contributed by atoms with E-state index in [0.29, 0.717) is 23.4 Å². The molecule has 0 radical (unpaired) electrons. The third-order valence-corrected chi connectivity index (χ3v) is 7.35. The Balaban J connectivity index is 1.21. The predicted molar refractivity (Wildman–Crippen MR) is 118 cm³/mol. The van der Waals surface area contributed by atoms with Crippen LogP contribution in [0.2, 0.25) is 0 Å². The van der Waals surface area contributed by atoms with Gasteiger partial charge in [0.1, 0.15) is 0 Å². The third-order valence-electron chi connectivity index (χ3n) is 7.35. The van der Waals surface area contributed by atoms with Crippen LogP contribution in [-0.2, 0) is 0 Å². The molecule has 2 saturated carbocycles. The lowest BCUT2D eigenvalue weighted by atomic mass is 9.70. The molecule has 0 aliphatic heterocycles. The van der Waals surface area contributed by atoms with Crippen molar-refractivity contribution in [2.24, 2.45) is 23.7 Å². The maximum atomic E-state index is 12.3. The van der Waals surface area contributed by atoms with Gasteiger partial charge in [0.2, 0.25) is 0 Å². The van der Waals surface area contributed by atoms with E-state index < -0.39 is 0 Å². The van der Waals surface area contributed by atoms with Crippen molar-refractivity contribution in [3.8, 4) is 0 Å². The summed E-state index contributed by atoms with van der Waals surface area (Å²) < 4.78 is 10.4. The van der Waals surface area contributed by atoms with E-state index in [2.05, 4.69) is 24.5 Å². The predicted octanol–water partition coefficient (Wildman–Crippen LogP) is 5.03. The molecule has 0 spiro atoms. The number of furan rings is 2. The van der Waals surface area contributed by atoms with Crippen molar-refractivity contribution in [1.29, 1.82) is 0 Å². The molecule has 31 heavy (non-hydrogen) atoms. The fraction of sp³-hybridized carbons (Fsp3) is 0.600. The molecule has 2 N–H and O–H groups in total. The minimum Gasteiger partial charge on any atom is -0.459 e. The molecule has 0 bridgehead atoms. The van der Waals surface area contributed by atoms with Crippen molar-refractivity contribution in [2.45, 2.75) is 70.9 Å². The lowest BCUT2D eigenvalue weighted by Crippen LogP contribution is -2.44. The summed E-state index contributed by atoms with van der Waals surface area (Å²) in [6, 6.07) is 7.35. The highest BCUT2D eigenvalue weighted by atomic mass is 16.3. The van der Waals surface area contributed by atoms with E-state index in [4.69, 9.17) is 8.83 Å². The van der Waals surface area contributed by atoms with Gasteiger partial charge in [-0.15, -0.1) is 0 Å². The van der Waals surface area contributed by atoms with E-state index in [1.807, 2.05) is 0 Å². The smallest absolute Gasteiger partial charge is 0.287 e. The highest BCUT2D eigenvalue weighted by Crippen LogP contribution is 2.39. The molecule has 2 heterocycles. The minimum atomic E-state index is -0.107. The normalized spacial score (nSPS) is 31.2. The van der Waals surface area contributed by atoms with Crippen LogP contribution >= 0.6 is 0 Å². The zero-order chi connectivity index (χ0) is 21.8. The second-order valence-electron chi connectivity index (χ2n) is 9.66. The van der Waals surface area contributed by atoms with Crippen molar-refractivity contribution in [1.82, 2.24) is 10.6 Å². The summed E-state index contributed by atoms with van der Waals surface area (Å²) in [5, 5.41) is 6.31. The maximum absolute atomic E-state index is 12.3. The lowest BCUT2D eigenvalue weighted by Gasteiger charge is -2.39. The zero-order valence-electron chi connectivity index (χ0n) is 18.5. The molecule has 2 aliphatic rings. The molecule has 4 rings (SSSR count). The Morgan fingerprint density at radius 3 is 1.61 bits per heavy atom. The molecule has 2 aromatic heterocycles. The SMILES string of the molecule is C[C@@H]1C[C@H](C[C@@H]2CC[C@H](NC(=O)c3ccco3)[C@@H](C)C2)CC[C@H]1NC(=O)c1ccco1. The molecule has 2 aliphatic carbocycles. The van der Waals surface area contributed by atoms with E-state index in [9.17, 15) is 9.59 Å². The number of carbonyl (C=O) groups is 2. The van der Waals surface area contributed by atoms with Crippen LogP contribution in [-0.4, -0.2) is 23.9 Å². The first-order chi connectivity index (χ1) is 15.0. The highest BCUT2D eigenvalue weighted by Gasteiger charge is 2.34. The van der Waals surface area contributed by atoms with E-state index in [1.54, 1.807) is 24.3 Å². The van der Waals surface area contributed by atoms with Gasteiger partial charge >= 0.3 is 0 Å². The van der Waals surface area contributed by atoms with Gasteiger partial charge in [0.25, 0.3) is 11.8 Å². The van der Waals surface area contributed by atoms with Gasteiger partial charge < -0.3 is 19.5 Å². The van der Waals surface area contributed by atoms with E-state index >= 15 is 0 Å². The Labute approximate surface area is 184 Å². The highest BCUT2D eigenvalue weighted by molar-refractivity contribution is 5.92. The fourth-order valence-electron chi connectivity index (χ4n) is 5.64. The van der Waals surface area contributed by atoms with Crippen LogP contribution in [0.4, 0.5) is 0 Å². The molecule has 168 valence electrons. The van der Waals surface area contributed by atoms with Crippen LogP contribution in [0.5, 0.6) is 0 Å². The molecular formula is C25H34N2O4. The van der Waals surface area contributed by atoms with Gasteiger partial charge in [-0.2, -0.15) is 0 Å². The summed E-state index contributed by atoms with van der Waals surface area (Å²) in [5.74, 6) is 2.95. The second kappa shape index (κ2) is 9.75. The first kappa shape index (κ1) is 21.7. The largest absolute Gasteiger partial charge is 0.459 e. The van der Waals surface area contributed by atoms with Gasteiger partial charge in [0.15, 0.2) is 11.5 Å². The molecule has 2 fully saturated rings. The van der Waals surface area contributed by atoms with Gasteiger partial charge in [-0.25, -0.2) is 0 Å². The topological polar surface area (TPSA) is 84.5 Å². The van der Waals surface area contributed by atoms with Crippen molar-refractivity contribution >= 4 is 11.8 Å². The number of hydrogen-bond acceptors (Lipinski definition) is 4. The molecule has 6 atom stereocenters.